The number of nitrogens with two attached hydrogens (primary N) is 1. The first kappa shape index (κ1) is 12.3. The Bertz CT molecular complexity index is 260. The highest BCUT2D eigenvalue weighted by Crippen LogP contribution is 2.40. The summed E-state index contributed by atoms with van der Waals surface area (Å²) in [5.41, 5.74) is 5.41. The molecule has 2 atom stereocenters. The maximum absolute atomic E-state index is 11.6. The molecule has 2 N–H and O–H groups in total. The van der Waals surface area contributed by atoms with E-state index in [0.717, 1.165) is 6.42 Å². The highest BCUT2D eigenvalue weighted by molar-refractivity contribution is 5.68. The fourth-order valence-corrected chi connectivity index (χ4v) is 1.58. The molecule has 0 bridgehead atoms. The number of likely N-dealkylation sites (N-methyl/N-ethyl adjacent to an activating group) is 1. The van der Waals surface area contributed by atoms with Crippen molar-refractivity contribution in [2.24, 2.45) is 11.7 Å². The standard InChI is InChI=1S/C11H22N2O2/c1-8-6-11(8,12)7-13(5)9(14)15-10(2,3)4/h8H,6-7,12H2,1-5H3. The Labute approximate surface area is 91.8 Å². The lowest BCUT2D eigenvalue weighted by Gasteiger charge is -2.26. The van der Waals surface area contributed by atoms with Gasteiger partial charge in [0.1, 0.15) is 5.60 Å². The van der Waals surface area contributed by atoms with E-state index in [9.17, 15) is 4.79 Å². The van der Waals surface area contributed by atoms with E-state index in [1.165, 1.54) is 0 Å². The lowest BCUT2D eigenvalue weighted by molar-refractivity contribution is 0.0282. The largest absolute Gasteiger partial charge is 0.444 e. The zero-order valence-electron chi connectivity index (χ0n) is 10.3. The Kier molecular flexibility index (Phi) is 3.01. The Balaban J connectivity index is 2.41. The lowest BCUT2D eigenvalue weighted by Crippen LogP contribution is -2.43. The SMILES string of the molecule is CC1CC1(N)CN(C)C(=O)OC(C)(C)C. The van der Waals surface area contributed by atoms with E-state index in [2.05, 4.69) is 6.92 Å². The summed E-state index contributed by atoms with van der Waals surface area (Å²) in [6.45, 7) is 8.25. The van der Waals surface area contributed by atoms with Gasteiger partial charge in [-0.25, -0.2) is 4.79 Å². The Morgan fingerprint density at radius 2 is 2.07 bits per heavy atom. The van der Waals surface area contributed by atoms with E-state index in [4.69, 9.17) is 10.5 Å². The van der Waals surface area contributed by atoms with Gasteiger partial charge in [-0.3, -0.25) is 0 Å². The monoisotopic (exact) mass is 214 g/mol. The quantitative estimate of drug-likeness (QED) is 0.759. The molecule has 0 aromatic rings. The number of ether oxygens (including phenoxy) is 1. The van der Waals surface area contributed by atoms with Crippen molar-refractivity contribution in [3.8, 4) is 0 Å². The average Bonchev–Trinajstić information content (AvgIpc) is 2.54. The second-order valence-corrected chi connectivity index (χ2v) is 5.67. The molecule has 0 spiro atoms. The summed E-state index contributed by atoms with van der Waals surface area (Å²) in [6.07, 6.45) is 0.687. The minimum atomic E-state index is -0.442. The third kappa shape index (κ3) is 3.38. The Morgan fingerprint density at radius 3 is 2.40 bits per heavy atom. The predicted octanol–water partition coefficient (Wildman–Crippen LogP) is 1.59. The van der Waals surface area contributed by atoms with Crippen LogP contribution in [0.25, 0.3) is 0 Å². The van der Waals surface area contributed by atoms with Crippen molar-refractivity contribution < 1.29 is 9.53 Å². The van der Waals surface area contributed by atoms with Gasteiger partial charge < -0.3 is 15.4 Å². The summed E-state index contributed by atoms with van der Waals surface area (Å²) in [4.78, 5) is 13.2. The van der Waals surface area contributed by atoms with Gasteiger partial charge in [-0.2, -0.15) is 0 Å². The molecule has 4 heteroatoms. The average molecular weight is 214 g/mol. The zero-order valence-corrected chi connectivity index (χ0v) is 10.3. The van der Waals surface area contributed by atoms with Crippen molar-refractivity contribution in [1.82, 2.24) is 4.90 Å². The molecule has 0 saturated heterocycles. The molecule has 0 aliphatic heterocycles. The summed E-state index contributed by atoms with van der Waals surface area (Å²) in [5.74, 6) is 0.502. The molecule has 1 rings (SSSR count). The third-order valence-electron chi connectivity index (χ3n) is 2.74. The minimum Gasteiger partial charge on any atom is -0.444 e. The summed E-state index contributed by atoms with van der Waals surface area (Å²) >= 11 is 0. The second-order valence-electron chi connectivity index (χ2n) is 5.67. The lowest BCUT2D eigenvalue weighted by atomic mass is 10.2. The van der Waals surface area contributed by atoms with Crippen LogP contribution in [0.1, 0.15) is 34.1 Å². The van der Waals surface area contributed by atoms with E-state index in [-0.39, 0.29) is 11.6 Å². The molecule has 1 aliphatic rings. The molecule has 4 nitrogen and oxygen atoms in total. The number of nitrogens with zero attached hydrogens (tertiary/aromatic N) is 1. The molecule has 1 saturated carbocycles. The van der Waals surface area contributed by atoms with Crippen LogP contribution in [-0.4, -0.2) is 35.7 Å². The van der Waals surface area contributed by atoms with Gasteiger partial charge in [0.25, 0.3) is 0 Å². The van der Waals surface area contributed by atoms with E-state index >= 15 is 0 Å². The van der Waals surface area contributed by atoms with Crippen molar-refractivity contribution in [3.05, 3.63) is 0 Å². The van der Waals surface area contributed by atoms with Crippen LogP contribution in [0.3, 0.4) is 0 Å². The van der Waals surface area contributed by atoms with Gasteiger partial charge in [0.2, 0.25) is 0 Å². The Morgan fingerprint density at radius 1 is 1.60 bits per heavy atom. The molecule has 0 heterocycles. The molecule has 0 aromatic carbocycles. The van der Waals surface area contributed by atoms with Crippen LogP contribution >= 0.6 is 0 Å². The van der Waals surface area contributed by atoms with Crippen molar-refractivity contribution in [3.63, 3.8) is 0 Å². The van der Waals surface area contributed by atoms with Crippen LogP contribution in [-0.2, 0) is 4.74 Å². The van der Waals surface area contributed by atoms with Gasteiger partial charge in [-0.05, 0) is 33.1 Å². The van der Waals surface area contributed by atoms with Crippen molar-refractivity contribution >= 4 is 6.09 Å². The highest BCUT2D eigenvalue weighted by atomic mass is 16.6. The number of hydrogen-bond donors (Lipinski definition) is 1. The van der Waals surface area contributed by atoms with Crippen LogP contribution in [0.5, 0.6) is 0 Å². The number of rotatable bonds is 2. The van der Waals surface area contributed by atoms with Crippen molar-refractivity contribution in [2.75, 3.05) is 13.6 Å². The maximum Gasteiger partial charge on any atom is 0.410 e. The predicted molar refractivity (Wildman–Crippen MR) is 59.6 cm³/mol. The zero-order chi connectivity index (χ0) is 11.9. The number of amides is 1. The van der Waals surface area contributed by atoms with E-state index in [1.54, 1.807) is 11.9 Å². The first-order valence-electron chi connectivity index (χ1n) is 5.37. The number of hydrogen-bond acceptors (Lipinski definition) is 3. The summed E-state index contributed by atoms with van der Waals surface area (Å²) < 4.78 is 5.24. The Hall–Kier alpha value is -0.770. The fraction of sp³-hybridized carbons (Fsp3) is 0.909. The smallest absolute Gasteiger partial charge is 0.410 e. The highest BCUT2D eigenvalue weighted by Gasteiger charge is 2.48. The molecule has 0 radical (unpaired) electrons. The molecule has 1 fully saturated rings. The van der Waals surface area contributed by atoms with Gasteiger partial charge in [-0.1, -0.05) is 6.92 Å². The molecule has 1 aliphatic carbocycles. The first-order chi connectivity index (χ1) is 6.64. The molecular formula is C11H22N2O2. The van der Waals surface area contributed by atoms with Crippen LogP contribution in [0, 0.1) is 5.92 Å². The third-order valence-corrected chi connectivity index (χ3v) is 2.74. The maximum atomic E-state index is 11.6. The molecule has 2 unspecified atom stereocenters. The van der Waals surface area contributed by atoms with Crippen molar-refractivity contribution in [1.29, 1.82) is 0 Å². The summed E-state index contributed by atoms with van der Waals surface area (Å²) in [7, 11) is 1.73. The normalized spacial score (nSPS) is 29.9. The molecular weight excluding hydrogens is 192 g/mol. The number of carbonyl (C=O) groups excluding carboxylic acids is 1. The van der Waals surface area contributed by atoms with Crippen LogP contribution in [0.15, 0.2) is 0 Å². The van der Waals surface area contributed by atoms with Crippen LogP contribution in [0.2, 0.25) is 0 Å². The molecule has 0 aromatic heterocycles. The number of carbonyl (C=O) groups is 1. The first-order valence-corrected chi connectivity index (χ1v) is 5.37. The van der Waals surface area contributed by atoms with Crippen LogP contribution < -0.4 is 5.73 Å². The van der Waals surface area contributed by atoms with Crippen LogP contribution in [0.4, 0.5) is 4.79 Å². The van der Waals surface area contributed by atoms with Crippen molar-refractivity contribution in [2.45, 2.75) is 45.3 Å². The van der Waals surface area contributed by atoms with Gasteiger partial charge >= 0.3 is 6.09 Å². The van der Waals surface area contributed by atoms with E-state index in [0.29, 0.717) is 12.5 Å². The van der Waals surface area contributed by atoms with Gasteiger partial charge in [-0.15, -0.1) is 0 Å². The second kappa shape index (κ2) is 3.67. The fourth-order valence-electron chi connectivity index (χ4n) is 1.58. The molecule has 15 heavy (non-hydrogen) atoms. The summed E-state index contributed by atoms with van der Waals surface area (Å²) in [6, 6.07) is 0. The molecule has 1 amide bonds. The summed E-state index contributed by atoms with van der Waals surface area (Å²) in [5, 5.41) is 0. The van der Waals surface area contributed by atoms with Gasteiger partial charge in [0, 0.05) is 19.1 Å². The minimum absolute atomic E-state index is 0.189. The molecule has 88 valence electrons. The van der Waals surface area contributed by atoms with Gasteiger partial charge in [0.05, 0.1) is 0 Å². The van der Waals surface area contributed by atoms with E-state index in [1.807, 2.05) is 20.8 Å². The topological polar surface area (TPSA) is 55.6 Å². The van der Waals surface area contributed by atoms with E-state index < -0.39 is 5.60 Å². The van der Waals surface area contributed by atoms with Gasteiger partial charge in [0.15, 0.2) is 0 Å².